The number of aryl methyl sites for hydroxylation is 1. The summed E-state index contributed by atoms with van der Waals surface area (Å²) in [5.74, 6) is -0.657. The molecule has 6 heteroatoms. The fraction of sp³-hybridized carbons (Fsp3) is 0.588. The number of aromatic nitrogens is 1. The van der Waals surface area contributed by atoms with E-state index in [2.05, 4.69) is 17.2 Å². The summed E-state index contributed by atoms with van der Waals surface area (Å²) in [6.45, 7) is 3.39. The number of carbonyl (C=O) groups excluding carboxylic acids is 1. The lowest BCUT2D eigenvalue weighted by atomic mass is 9.81. The lowest BCUT2D eigenvalue weighted by molar-refractivity contribution is -0.149. The Morgan fingerprint density at radius 2 is 2.30 bits per heavy atom. The van der Waals surface area contributed by atoms with Crippen LogP contribution in [-0.2, 0) is 17.8 Å². The first kappa shape index (κ1) is 15.8. The number of pyridine rings is 1. The normalized spacial score (nSPS) is 26.1. The largest absolute Gasteiger partial charge is 0.481 e. The fourth-order valence-electron chi connectivity index (χ4n) is 4.02. The Hall–Kier alpha value is -2.11. The van der Waals surface area contributed by atoms with Gasteiger partial charge in [0.15, 0.2) is 0 Å². The Morgan fingerprint density at radius 1 is 1.48 bits per heavy atom. The van der Waals surface area contributed by atoms with Gasteiger partial charge in [-0.05, 0) is 42.4 Å². The number of nitrogens with zero attached hydrogens (tertiary/aromatic N) is 2. The number of nitrogens with one attached hydrogen (secondary N) is 1. The Kier molecular flexibility index (Phi) is 4.24. The maximum Gasteiger partial charge on any atom is 0.317 e. The summed E-state index contributed by atoms with van der Waals surface area (Å²) in [5.41, 5.74) is 1.46. The lowest BCUT2D eigenvalue weighted by Gasteiger charge is -2.23. The number of carbonyl (C=O) groups is 2. The van der Waals surface area contributed by atoms with Crippen molar-refractivity contribution in [2.45, 2.75) is 39.2 Å². The molecule has 2 heterocycles. The summed E-state index contributed by atoms with van der Waals surface area (Å²) in [4.78, 5) is 29.9. The van der Waals surface area contributed by atoms with Gasteiger partial charge in [0, 0.05) is 32.0 Å². The van der Waals surface area contributed by atoms with E-state index in [0.717, 1.165) is 30.4 Å². The van der Waals surface area contributed by atoms with Crippen molar-refractivity contribution in [2.75, 3.05) is 13.1 Å². The standard InChI is InChI=1S/C17H23N3O3/c1-2-12-8-18-7-5-13(12)9-19-16(23)20-10-14-4-3-6-17(14,11-20)15(21)22/h5,7-8,14H,2-4,6,9-11H2,1H3,(H,19,23)(H,21,22)/t14-,17+/m0/s1. The van der Waals surface area contributed by atoms with Gasteiger partial charge < -0.3 is 15.3 Å². The molecule has 2 fully saturated rings. The molecule has 1 aromatic heterocycles. The van der Waals surface area contributed by atoms with E-state index in [1.165, 1.54) is 0 Å². The Balaban J connectivity index is 1.63. The highest BCUT2D eigenvalue weighted by Crippen LogP contribution is 2.48. The quantitative estimate of drug-likeness (QED) is 0.890. The lowest BCUT2D eigenvalue weighted by Crippen LogP contribution is -2.41. The molecule has 1 saturated heterocycles. The summed E-state index contributed by atoms with van der Waals surface area (Å²) in [5, 5.41) is 12.5. The fourth-order valence-corrected chi connectivity index (χ4v) is 4.02. The third-order valence-electron chi connectivity index (χ3n) is 5.40. The molecule has 0 bridgehead atoms. The van der Waals surface area contributed by atoms with Crippen molar-refractivity contribution in [2.24, 2.45) is 11.3 Å². The minimum atomic E-state index is -0.752. The maximum atomic E-state index is 12.4. The van der Waals surface area contributed by atoms with Crippen LogP contribution in [-0.4, -0.2) is 40.1 Å². The molecule has 1 aliphatic heterocycles. The van der Waals surface area contributed by atoms with E-state index in [-0.39, 0.29) is 11.9 Å². The monoisotopic (exact) mass is 317 g/mol. The summed E-state index contributed by atoms with van der Waals surface area (Å²) in [7, 11) is 0. The van der Waals surface area contributed by atoms with Crippen LogP contribution < -0.4 is 5.32 Å². The van der Waals surface area contributed by atoms with Gasteiger partial charge in [-0.15, -0.1) is 0 Å². The predicted molar refractivity (Wildman–Crippen MR) is 84.8 cm³/mol. The van der Waals surface area contributed by atoms with Crippen LogP contribution in [0.3, 0.4) is 0 Å². The van der Waals surface area contributed by atoms with Crippen LogP contribution in [0, 0.1) is 11.3 Å². The van der Waals surface area contributed by atoms with E-state index in [9.17, 15) is 14.7 Å². The van der Waals surface area contributed by atoms with Crippen molar-refractivity contribution in [1.29, 1.82) is 0 Å². The molecule has 1 aromatic rings. The van der Waals surface area contributed by atoms with E-state index >= 15 is 0 Å². The van der Waals surface area contributed by atoms with E-state index < -0.39 is 11.4 Å². The van der Waals surface area contributed by atoms with Gasteiger partial charge in [-0.3, -0.25) is 9.78 Å². The molecule has 124 valence electrons. The zero-order valence-corrected chi connectivity index (χ0v) is 13.4. The minimum Gasteiger partial charge on any atom is -0.481 e. The Bertz CT molecular complexity index is 619. The van der Waals surface area contributed by atoms with Gasteiger partial charge in [0.1, 0.15) is 0 Å². The number of hydrogen-bond acceptors (Lipinski definition) is 3. The molecular weight excluding hydrogens is 294 g/mol. The SMILES string of the molecule is CCc1cnccc1CNC(=O)N1C[C@@H]2CCC[C@@]2(C(=O)O)C1. The van der Waals surface area contributed by atoms with E-state index in [1.54, 1.807) is 11.1 Å². The predicted octanol–water partition coefficient (Wildman–Crippen LogP) is 2.04. The zero-order valence-electron chi connectivity index (χ0n) is 13.4. The maximum absolute atomic E-state index is 12.4. The molecule has 1 aliphatic carbocycles. The highest BCUT2D eigenvalue weighted by molar-refractivity contribution is 5.80. The molecule has 0 radical (unpaired) electrons. The number of amides is 2. The first-order chi connectivity index (χ1) is 11.1. The first-order valence-corrected chi connectivity index (χ1v) is 8.25. The number of carboxylic acids is 1. The van der Waals surface area contributed by atoms with Gasteiger partial charge in [-0.2, -0.15) is 0 Å². The van der Waals surface area contributed by atoms with Crippen LogP contribution >= 0.6 is 0 Å². The van der Waals surface area contributed by atoms with Crippen molar-refractivity contribution in [3.05, 3.63) is 29.6 Å². The van der Waals surface area contributed by atoms with Crippen LogP contribution in [0.1, 0.15) is 37.3 Å². The summed E-state index contributed by atoms with van der Waals surface area (Å²) in [6.07, 6.45) is 6.94. The number of aliphatic carboxylic acids is 1. The second-order valence-electron chi connectivity index (χ2n) is 6.59. The van der Waals surface area contributed by atoms with Crippen molar-refractivity contribution in [3.8, 4) is 0 Å². The average Bonchev–Trinajstić information content (AvgIpc) is 3.11. The van der Waals surface area contributed by atoms with Crippen molar-refractivity contribution in [1.82, 2.24) is 15.2 Å². The van der Waals surface area contributed by atoms with E-state index in [4.69, 9.17) is 0 Å². The van der Waals surface area contributed by atoms with Gasteiger partial charge in [-0.1, -0.05) is 13.3 Å². The average molecular weight is 317 g/mol. The number of fused-ring (bicyclic) bond motifs is 1. The highest BCUT2D eigenvalue weighted by Gasteiger charge is 2.55. The van der Waals surface area contributed by atoms with Crippen LogP contribution in [0.4, 0.5) is 4.79 Å². The second-order valence-corrected chi connectivity index (χ2v) is 6.59. The summed E-state index contributed by atoms with van der Waals surface area (Å²) in [6, 6.07) is 1.75. The molecule has 0 spiro atoms. The molecule has 3 rings (SSSR count). The summed E-state index contributed by atoms with van der Waals surface area (Å²) < 4.78 is 0. The zero-order chi connectivity index (χ0) is 16.4. The molecule has 2 amide bonds. The smallest absolute Gasteiger partial charge is 0.317 e. The molecule has 2 N–H and O–H groups in total. The van der Waals surface area contributed by atoms with Gasteiger partial charge in [0.2, 0.25) is 0 Å². The number of carboxylic acid groups (broad SMARTS) is 1. The van der Waals surface area contributed by atoms with Gasteiger partial charge >= 0.3 is 12.0 Å². The molecule has 0 unspecified atom stereocenters. The first-order valence-electron chi connectivity index (χ1n) is 8.25. The van der Waals surface area contributed by atoms with Gasteiger partial charge in [0.25, 0.3) is 0 Å². The topological polar surface area (TPSA) is 82.5 Å². The van der Waals surface area contributed by atoms with Gasteiger partial charge in [-0.25, -0.2) is 4.79 Å². The Labute approximate surface area is 135 Å². The third kappa shape index (κ3) is 2.78. The minimum absolute atomic E-state index is 0.0953. The van der Waals surface area contributed by atoms with Crippen molar-refractivity contribution < 1.29 is 14.7 Å². The Morgan fingerprint density at radius 3 is 3.00 bits per heavy atom. The molecule has 2 atom stereocenters. The molecular formula is C17H23N3O3. The van der Waals surface area contributed by atoms with Crippen molar-refractivity contribution >= 4 is 12.0 Å². The number of hydrogen-bond donors (Lipinski definition) is 2. The molecule has 23 heavy (non-hydrogen) atoms. The third-order valence-corrected chi connectivity index (χ3v) is 5.40. The van der Waals surface area contributed by atoms with Crippen molar-refractivity contribution in [3.63, 3.8) is 0 Å². The van der Waals surface area contributed by atoms with Crippen LogP contribution in [0.5, 0.6) is 0 Å². The molecule has 1 saturated carbocycles. The van der Waals surface area contributed by atoms with Gasteiger partial charge in [0.05, 0.1) is 5.41 Å². The number of rotatable bonds is 4. The van der Waals surface area contributed by atoms with Crippen LogP contribution in [0.15, 0.2) is 18.5 Å². The van der Waals surface area contributed by atoms with Crippen LogP contribution in [0.25, 0.3) is 0 Å². The number of likely N-dealkylation sites (tertiary alicyclic amines) is 1. The highest BCUT2D eigenvalue weighted by atomic mass is 16.4. The molecule has 6 nitrogen and oxygen atoms in total. The molecule has 0 aromatic carbocycles. The van der Waals surface area contributed by atoms with Crippen LogP contribution in [0.2, 0.25) is 0 Å². The second kappa shape index (κ2) is 6.18. The number of urea groups is 1. The van der Waals surface area contributed by atoms with E-state index in [0.29, 0.717) is 26.1 Å². The summed E-state index contributed by atoms with van der Waals surface area (Å²) >= 11 is 0. The van der Waals surface area contributed by atoms with E-state index in [1.807, 2.05) is 12.3 Å². The molecule has 2 aliphatic rings.